The van der Waals surface area contributed by atoms with Gasteiger partial charge in [0.1, 0.15) is 11.3 Å². The number of nitrogens with zero attached hydrogens (tertiary/aromatic N) is 3. The third-order valence-electron chi connectivity index (χ3n) is 3.87. The van der Waals surface area contributed by atoms with E-state index in [9.17, 15) is 4.79 Å². The van der Waals surface area contributed by atoms with Crippen LogP contribution in [0.15, 0.2) is 18.3 Å². The van der Waals surface area contributed by atoms with E-state index in [4.69, 9.17) is 9.47 Å². The van der Waals surface area contributed by atoms with Crippen molar-refractivity contribution in [3.05, 3.63) is 35.3 Å². The lowest BCUT2D eigenvalue weighted by molar-refractivity contribution is 0.0619. The van der Waals surface area contributed by atoms with E-state index in [1.165, 1.54) is 0 Å². The van der Waals surface area contributed by atoms with Gasteiger partial charge in [-0.3, -0.25) is 9.20 Å². The second-order valence-electron chi connectivity index (χ2n) is 5.42. The van der Waals surface area contributed by atoms with Gasteiger partial charge in [0.25, 0.3) is 5.91 Å². The lowest BCUT2D eigenvalue weighted by Crippen LogP contribution is -2.37. The van der Waals surface area contributed by atoms with Crippen LogP contribution in [0.3, 0.4) is 0 Å². The number of fused-ring (bicyclic) bond motifs is 1. The number of amides is 1. The van der Waals surface area contributed by atoms with Crippen LogP contribution in [0.2, 0.25) is 0 Å². The van der Waals surface area contributed by atoms with Gasteiger partial charge in [-0.15, -0.1) is 0 Å². The number of imidazole rings is 1. The predicted octanol–water partition coefficient (Wildman–Crippen LogP) is 1.94. The first kappa shape index (κ1) is 17.4. The minimum atomic E-state index is -0.0333. The van der Waals surface area contributed by atoms with Crippen LogP contribution in [0.4, 0.5) is 0 Å². The van der Waals surface area contributed by atoms with Crippen molar-refractivity contribution in [1.29, 1.82) is 0 Å². The fraction of sp³-hybridized carbons (Fsp3) is 0.529. The van der Waals surface area contributed by atoms with Crippen molar-refractivity contribution < 1.29 is 14.3 Å². The molecule has 0 aliphatic heterocycles. The fourth-order valence-corrected chi connectivity index (χ4v) is 2.59. The highest BCUT2D eigenvalue weighted by Crippen LogP contribution is 2.18. The van der Waals surface area contributed by atoms with Gasteiger partial charge in [-0.25, -0.2) is 4.98 Å². The quantitative estimate of drug-likeness (QED) is 0.746. The molecule has 0 spiro atoms. The highest BCUT2D eigenvalue weighted by molar-refractivity contribution is 5.95. The Morgan fingerprint density at radius 2 is 1.91 bits per heavy atom. The average molecular weight is 319 g/mol. The van der Waals surface area contributed by atoms with E-state index in [0.717, 1.165) is 16.9 Å². The Morgan fingerprint density at radius 3 is 2.48 bits per heavy atom. The molecule has 0 radical (unpaired) electrons. The van der Waals surface area contributed by atoms with Crippen molar-refractivity contribution in [2.45, 2.75) is 20.3 Å². The first-order valence-corrected chi connectivity index (χ1v) is 7.87. The number of rotatable bonds is 8. The molecular formula is C17H25N3O3. The van der Waals surface area contributed by atoms with Gasteiger partial charge in [-0.05, 0) is 25.0 Å². The molecule has 6 nitrogen and oxygen atoms in total. The Hall–Kier alpha value is -1.92. The Kier molecular flexibility index (Phi) is 6.12. The monoisotopic (exact) mass is 319 g/mol. The number of ether oxygens (including phenoxy) is 2. The smallest absolute Gasteiger partial charge is 0.272 e. The van der Waals surface area contributed by atoms with Crippen LogP contribution >= 0.6 is 0 Å². The van der Waals surface area contributed by atoms with Gasteiger partial charge in [0.05, 0.1) is 18.9 Å². The molecule has 23 heavy (non-hydrogen) atoms. The Balaban J connectivity index is 2.42. The summed E-state index contributed by atoms with van der Waals surface area (Å²) in [4.78, 5) is 19.5. The van der Waals surface area contributed by atoms with Crippen LogP contribution in [0.5, 0.6) is 0 Å². The molecule has 0 bridgehead atoms. The molecule has 2 aromatic rings. The third-order valence-corrected chi connectivity index (χ3v) is 3.87. The molecule has 0 aliphatic rings. The molecule has 2 heterocycles. The summed E-state index contributed by atoms with van der Waals surface area (Å²) < 4.78 is 12.1. The molecule has 126 valence electrons. The topological polar surface area (TPSA) is 56.1 Å². The fourth-order valence-electron chi connectivity index (χ4n) is 2.59. The van der Waals surface area contributed by atoms with Crippen LogP contribution in [0.25, 0.3) is 5.65 Å². The number of hydrogen-bond acceptors (Lipinski definition) is 4. The van der Waals surface area contributed by atoms with E-state index in [0.29, 0.717) is 38.4 Å². The van der Waals surface area contributed by atoms with Crippen molar-refractivity contribution >= 4 is 11.6 Å². The Bertz CT molecular complexity index is 658. The number of carbonyl (C=O) groups excluding carboxylic acids is 1. The molecule has 0 saturated carbocycles. The average Bonchev–Trinajstić information content (AvgIpc) is 2.94. The zero-order valence-electron chi connectivity index (χ0n) is 14.3. The molecule has 1 amide bonds. The summed E-state index contributed by atoms with van der Waals surface area (Å²) in [5, 5.41) is 0. The lowest BCUT2D eigenvalue weighted by Gasteiger charge is -2.22. The van der Waals surface area contributed by atoms with Crippen molar-refractivity contribution in [1.82, 2.24) is 14.3 Å². The molecule has 0 fully saturated rings. The maximum atomic E-state index is 13.1. The standard InChI is InChI=1S/C17H25N3O3/c1-5-14-15(20-8-6-7-13(2)16(20)18-14)17(21)19(9-11-22-3)10-12-23-4/h6-8H,5,9-12H2,1-4H3. The van der Waals surface area contributed by atoms with Crippen LogP contribution in [-0.2, 0) is 15.9 Å². The van der Waals surface area contributed by atoms with E-state index in [2.05, 4.69) is 4.98 Å². The molecule has 6 heteroatoms. The number of aryl methyl sites for hydroxylation is 2. The van der Waals surface area contributed by atoms with Gasteiger partial charge in [0, 0.05) is 33.5 Å². The summed E-state index contributed by atoms with van der Waals surface area (Å²) >= 11 is 0. The first-order valence-electron chi connectivity index (χ1n) is 7.87. The second-order valence-corrected chi connectivity index (χ2v) is 5.42. The molecule has 0 saturated heterocycles. The Labute approximate surface area is 137 Å². The molecule has 0 aromatic carbocycles. The van der Waals surface area contributed by atoms with Crippen LogP contribution < -0.4 is 0 Å². The van der Waals surface area contributed by atoms with Gasteiger partial charge < -0.3 is 14.4 Å². The van der Waals surface area contributed by atoms with Gasteiger partial charge >= 0.3 is 0 Å². The van der Waals surface area contributed by atoms with Crippen molar-refractivity contribution in [2.75, 3.05) is 40.5 Å². The minimum absolute atomic E-state index is 0.0333. The lowest BCUT2D eigenvalue weighted by atomic mass is 10.2. The highest BCUT2D eigenvalue weighted by Gasteiger charge is 2.23. The van der Waals surface area contributed by atoms with Crippen molar-refractivity contribution in [2.24, 2.45) is 0 Å². The maximum Gasteiger partial charge on any atom is 0.272 e. The molecule has 2 aromatic heterocycles. The first-order chi connectivity index (χ1) is 11.1. The van der Waals surface area contributed by atoms with Gasteiger partial charge in [-0.2, -0.15) is 0 Å². The zero-order valence-corrected chi connectivity index (χ0v) is 14.3. The van der Waals surface area contributed by atoms with E-state index in [-0.39, 0.29) is 5.91 Å². The Morgan fingerprint density at radius 1 is 1.26 bits per heavy atom. The number of pyridine rings is 1. The second kappa shape index (κ2) is 8.08. The molecule has 0 unspecified atom stereocenters. The minimum Gasteiger partial charge on any atom is -0.383 e. The van der Waals surface area contributed by atoms with Crippen LogP contribution in [0, 0.1) is 6.92 Å². The summed E-state index contributed by atoms with van der Waals surface area (Å²) in [7, 11) is 3.27. The van der Waals surface area contributed by atoms with Gasteiger partial charge in [-0.1, -0.05) is 13.0 Å². The number of methoxy groups -OCH3 is 2. The van der Waals surface area contributed by atoms with Crippen molar-refractivity contribution in [3.8, 4) is 0 Å². The summed E-state index contributed by atoms with van der Waals surface area (Å²) in [6.45, 7) is 6.06. The van der Waals surface area contributed by atoms with E-state index < -0.39 is 0 Å². The molecule has 0 N–H and O–H groups in total. The van der Waals surface area contributed by atoms with E-state index >= 15 is 0 Å². The highest BCUT2D eigenvalue weighted by atomic mass is 16.5. The van der Waals surface area contributed by atoms with Gasteiger partial charge in [0.15, 0.2) is 0 Å². The normalized spacial score (nSPS) is 11.1. The van der Waals surface area contributed by atoms with Crippen LogP contribution in [-0.4, -0.2) is 60.7 Å². The molecule has 2 rings (SSSR count). The third kappa shape index (κ3) is 3.71. The summed E-state index contributed by atoms with van der Waals surface area (Å²) in [5.41, 5.74) is 3.36. The number of hydrogen-bond donors (Lipinski definition) is 0. The molecular weight excluding hydrogens is 294 g/mol. The van der Waals surface area contributed by atoms with E-state index in [1.54, 1.807) is 19.1 Å². The largest absolute Gasteiger partial charge is 0.383 e. The summed E-state index contributed by atoms with van der Waals surface area (Å²) in [6.07, 6.45) is 2.61. The molecule has 0 aliphatic carbocycles. The number of aromatic nitrogens is 2. The molecule has 0 atom stereocenters. The van der Waals surface area contributed by atoms with Gasteiger partial charge in [0.2, 0.25) is 0 Å². The SMILES string of the molecule is CCc1nc2c(C)cccn2c1C(=O)N(CCOC)CCOC. The van der Waals surface area contributed by atoms with E-state index in [1.807, 2.05) is 36.6 Å². The predicted molar refractivity (Wildman–Crippen MR) is 89.0 cm³/mol. The number of carbonyl (C=O) groups is 1. The van der Waals surface area contributed by atoms with Crippen molar-refractivity contribution in [3.63, 3.8) is 0 Å². The maximum absolute atomic E-state index is 13.1. The van der Waals surface area contributed by atoms with Crippen LogP contribution in [0.1, 0.15) is 28.7 Å². The summed E-state index contributed by atoms with van der Waals surface area (Å²) in [5.74, 6) is -0.0333. The zero-order chi connectivity index (χ0) is 16.8. The summed E-state index contributed by atoms with van der Waals surface area (Å²) in [6, 6.07) is 3.94.